The van der Waals surface area contributed by atoms with E-state index in [-0.39, 0.29) is 29.3 Å². The van der Waals surface area contributed by atoms with Crippen LogP contribution in [0, 0.1) is 5.92 Å². The van der Waals surface area contributed by atoms with Gasteiger partial charge in [-0.2, -0.15) is 4.31 Å². The van der Waals surface area contributed by atoms with E-state index < -0.39 is 10.0 Å². The number of carbonyl (C=O) groups is 1. The van der Waals surface area contributed by atoms with Crippen molar-refractivity contribution in [3.8, 4) is 0 Å². The van der Waals surface area contributed by atoms with Crippen molar-refractivity contribution in [1.29, 1.82) is 0 Å². The number of rotatable bonds is 6. The predicted molar refractivity (Wildman–Crippen MR) is 106 cm³/mol. The Morgan fingerprint density at radius 3 is 2.37 bits per heavy atom. The molecule has 1 amide bonds. The first kappa shape index (κ1) is 19.6. The summed E-state index contributed by atoms with van der Waals surface area (Å²) in [6.45, 7) is 2.72. The average molecular weight is 387 g/mol. The predicted octanol–water partition coefficient (Wildman–Crippen LogP) is 3.35. The first-order chi connectivity index (χ1) is 13.0. The molecule has 2 aromatic rings. The maximum Gasteiger partial charge on any atom is 0.243 e. The standard InChI is InChI=1S/C21H26N2O3S/c1-2-20(17-10-5-3-6-11-17)22-21(24)18-12-9-15-23(16-18)27(25,26)19-13-7-4-8-14-19/h3-8,10-11,13-14,18,20H,2,9,12,15-16H2,1H3,(H,22,24)/t18-,20+/m1/s1. The highest BCUT2D eigenvalue weighted by atomic mass is 32.2. The Morgan fingerprint density at radius 2 is 1.74 bits per heavy atom. The van der Waals surface area contributed by atoms with Crippen LogP contribution in [0.25, 0.3) is 0 Å². The minimum Gasteiger partial charge on any atom is -0.349 e. The summed E-state index contributed by atoms with van der Waals surface area (Å²) in [6, 6.07) is 18.2. The number of piperidine rings is 1. The third-order valence-electron chi connectivity index (χ3n) is 5.06. The summed E-state index contributed by atoms with van der Waals surface area (Å²) in [6.07, 6.45) is 2.18. The molecular weight excluding hydrogens is 360 g/mol. The first-order valence-corrected chi connectivity index (χ1v) is 10.9. The van der Waals surface area contributed by atoms with E-state index in [4.69, 9.17) is 0 Å². The lowest BCUT2D eigenvalue weighted by molar-refractivity contribution is -0.126. The molecule has 0 unspecified atom stereocenters. The number of benzene rings is 2. The monoisotopic (exact) mass is 386 g/mol. The van der Waals surface area contributed by atoms with Crippen molar-refractivity contribution in [3.63, 3.8) is 0 Å². The summed E-state index contributed by atoms with van der Waals surface area (Å²) in [5.74, 6) is -0.395. The molecule has 1 fully saturated rings. The van der Waals surface area contributed by atoms with E-state index in [2.05, 4.69) is 5.32 Å². The smallest absolute Gasteiger partial charge is 0.243 e. The van der Waals surface area contributed by atoms with E-state index in [0.29, 0.717) is 19.4 Å². The van der Waals surface area contributed by atoms with Crippen molar-refractivity contribution in [3.05, 3.63) is 66.2 Å². The summed E-state index contributed by atoms with van der Waals surface area (Å²) < 4.78 is 27.1. The Labute approximate surface area is 161 Å². The molecule has 6 heteroatoms. The topological polar surface area (TPSA) is 66.5 Å². The SMILES string of the molecule is CC[C@H](NC(=O)[C@@H]1CCCN(S(=O)(=O)c2ccccc2)C1)c1ccccc1. The second-order valence-electron chi connectivity index (χ2n) is 6.90. The molecule has 2 aromatic carbocycles. The van der Waals surface area contributed by atoms with Gasteiger partial charge in [-0.3, -0.25) is 4.79 Å². The van der Waals surface area contributed by atoms with Gasteiger partial charge in [-0.1, -0.05) is 55.5 Å². The molecule has 0 saturated carbocycles. The van der Waals surface area contributed by atoms with Crippen molar-refractivity contribution in [2.24, 2.45) is 5.92 Å². The van der Waals surface area contributed by atoms with Crippen LogP contribution in [0.1, 0.15) is 37.8 Å². The van der Waals surface area contributed by atoms with Gasteiger partial charge in [-0.15, -0.1) is 0 Å². The molecule has 0 spiro atoms. The van der Waals surface area contributed by atoms with Crippen LogP contribution in [0.3, 0.4) is 0 Å². The van der Waals surface area contributed by atoms with Crippen LogP contribution in [0.5, 0.6) is 0 Å². The van der Waals surface area contributed by atoms with E-state index in [1.807, 2.05) is 37.3 Å². The van der Waals surface area contributed by atoms with Gasteiger partial charge in [0.15, 0.2) is 0 Å². The summed E-state index contributed by atoms with van der Waals surface area (Å²) in [5, 5.41) is 3.10. The van der Waals surface area contributed by atoms with Crippen LogP contribution in [0.2, 0.25) is 0 Å². The summed E-state index contributed by atoms with van der Waals surface area (Å²) in [7, 11) is -3.56. The van der Waals surface area contributed by atoms with E-state index in [0.717, 1.165) is 12.0 Å². The Balaban J connectivity index is 1.69. The van der Waals surface area contributed by atoms with Gasteiger partial charge in [-0.05, 0) is 37.0 Å². The maximum atomic E-state index is 12.8. The zero-order chi connectivity index (χ0) is 19.3. The van der Waals surface area contributed by atoms with Crippen molar-refractivity contribution < 1.29 is 13.2 Å². The minimum absolute atomic E-state index is 0.0557. The van der Waals surface area contributed by atoms with Gasteiger partial charge in [-0.25, -0.2) is 8.42 Å². The highest BCUT2D eigenvalue weighted by Crippen LogP contribution is 2.25. The van der Waals surface area contributed by atoms with E-state index in [1.54, 1.807) is 30.3 Å². The number of sulfonamides is 1. The summed E-state index contributed by atoms with van der Waals surface area (Å²) in [4.78, 5) is 13.1. The van der Waals surface area contributed by atoms with Crippen LogP contribution in [-0.4, -0.2) is 31.7 Å². The lowest BCUT2D eigenvalue weighted by Crippen LogP contribution is -2.46. The fourth-order valence-corrected chi connectivity index (χ4v) is 5.06. The van der Waals surface area contributed by atoms with Gasteiger partial charge in [0, 0.05) is 13.1 Å². The molecule has 1 heterocycles. The Morgan fingerprint density at radius 1 is 1.11 bits per heavy atom. The minimum atomic E-state index is -3.56. The van der Waals surface area contributed by atoms with Gasteiger partial charge < -0.3 is 5.32 Å². The molecule has 5 nitrogen and oxygen atoms in total. The highest BCUT2D eigenvalue weighted by molar-refractivity contribution is 7.89. The second-order valence-corrected chi connectivity index (χ2v) is 8.83. The maximum absolute atomic E-state index is 12.8. The van der Waals surface area contributed by atoms with E-state index in [1.165, 1.54) is 4.31 Å². The van der Waals surface area contributed by atoms with Gasteiger partial charge >= 0.3 is 0 Å². The van der Waals surface area contributed by atoms with Crippen molar-refractivity contribution in [1.82, 2.24) is 9.62 Å². The zero-order valence-corrected chi connectivity index (χ0v) is 16.4. The van der Waals surface area contributed by atoms with Crippen molar-refractivity contribution in [2.45, 2.75) is 37.1 Å². The molecule has 1 aliphatic heterocycles. The third-order valence-corrected chi connectivity index (χ3v) is 6.94. The van der Waals surface area contributed by atoms with Crippen LogP contribution in [0.15, 0.2) is 65.6 Å². The van der Waals surface area contributed by atoms with Gasteiger partial charge in [0.2, 0.25) is 15.9 Å². The number of hydrogen-bond acceptors (Lipinski definition) is 3. The number of carbonyl (C=O) groups excluding carboxylic acids is 1. The molecular formula is C21H26N2O3S. The van der Waals surface area contributed by atoms with Gasteiger partial charge in [0.25, 0.3) is 0 Å². The average Bonchev–Trinajstić information content (AvgIpc) is 2.73. The lowest BCUT2D eigenvalue weighted by atomic mass is 9.97. The van der Waals surface area contributed by atoms with Gasteiger partial charge in [0.1, 0.15) is 0 Å². The lowest BCUT2D eigenvalue weighted by Gasteiger charge is -2.32. The molecule has 0 bridgehead atoms. The van der Waals surface area contributed by atoms with Crippen LogP contribution < -0.4 is 5.32 Å². The summed E-state index contributed by atoms with van der Waals surface area (Å²) >= 11 is 0. The quantitative estimate of drug-likeness (QED) is 0.828. The molecule has 3 rings (SSSR count). The zero-order valence-electron chi connectivity index (χ0n) is 15.5. The Bertz CT molecular complexity index is 854. The normalized spacial score (nSPS) is 19.4. The number of nitrogens with one attached hydrogen (secondary N) is 1. The van der Waals surface area contributed by atoms with E-state index >= 15 is 0 Å². The molecule has 27 heavy (non-hydrogen) atoms. The Kier molecular flexibility index (Phi) is 6.29. The summed E-state index contributed by atoms with van der Waals surface area (Å²) in [5.41, 5.74) is 1.07. The van der Waals surface area contributed by atoms with Gasteiger partial charge in [0.05, 0.1) is 16.9 Å². The van der Waals surface area contributed by atoms with Crippen LogP contribution in [-0.2, 0) is 14.8 Å². The number of hydrogen-bond donors (Lipinski definition) is 1. The molecule has 0 aromatic heterocycles. The van der Waals surface area contributed by atoms with Crippen molar-refractivity contribution >= 4 is 15.9 Å². The molecule has 2 atom stereocenters. The second kappa shape index (κ2) is 8.67. The number of amides is 1. The fraction of sp³-hybridized carbons (Fsp3) is 0.381. The van der Waals surface area contributed by atoms with Crippen molar-refractivity contribution in [2.75, 3.05) is 13.1 Å². The molecule has 1 saturated heterocycles. The fourth-order valence-electron chi connectivity index (χ4n) is 3.51. The molecule has 1 N–H and O–H groups in total. The number of nitrogens with zero attached hydrogens (tertiary/aromatic N) is 1. The largest absolute Gasteiger partial charge is 0.349 e. The molecule has 0 radical (unpaired) electrons. The molecule has 0 aliphatic carbocycles. The highest BCUT2D eigenvalue weighted by Gasteiger charge is 2.33. The first-order valence-electron chi connectivity index (χ1n) is 9.43. The third kappa shape index (κ3) is 4.57. The Hall–Kier alpha value is -2.18. The van der Waals surface area contributed by atoms with Crippen LogP contribution in [0.4, 0.5) is 0 Å². The van der Waals surface area contributed by atoms with Crippen LogP contribution >= 0.6 is 0 Å². The molecule has 1 aliphatic rings. The molecule has 144 valence electrons. The van der Waals surface area contributed by atoms with E-state index in [9.17, 15) is 13.2 Å².